The van der Waals surface area contributed by atoms with Gasteiger partial charge in [0.1, 0.15) is 0 Å². The number of nitrogens with one attached hydrogen (secondary N) is 1. The Bertz CT molecular complexity index is 446. The monoisotopic (exact) mass is 197 g/mol. The zero-order chi connectivity index (χ0) is 10.7. The molecule has 0 aliphatic heterocycles. The largest absolute Gasteiger partial charge is 0.388 e. The minimum atomic E-state index is 1.17. The van der Waals surface area contributed by atoms with Crippen LogP contribution in [0.2, 0.25) is 0 Å². The fraction of sp³-hybridized carbons (Fsp3) is 0.143. The fourth-order valence-corrected chi connectivity index (χ4v) is 1.73. The second-order valence-electron chi connectivity index (χ2n) is 3.67. The van der Waals surface area contributed by atoms with E-state index in [1.54, 1.807) is 0 Å². The molecule has 0 spiro atoms. The topological polar surface area (TPSA) is 12.0 Å². The molecule has 15 heavy (non-hydrogen) atoms. The van der Waals surface area contributed by atoms with Crippen molar-refractivity contribution in [2.45, 2.75) is 6.92 Å². The fourth-order valence-electron chi connectivity index (χ4n) is 1.73. The van der Waals surface area contributed by atoms with Crippen molar-refractivity contribution in [3.05, 3.63) is 54.1 Å². The van der Waals surface area contributed by atoms with Gasteiger partial charge in [0.05, 0.1) is 0 Å². The van der Waals surface area contributed by atoms with E-state index >= 15 is 0 Å². The van der Waals surface area contributed by atoms with Crippen molar-refractivity contribution in [1.29, 1.82) is 0 Å². The summed E-state index contributed by atoms with van der Waals surface area (Å²) in [5, 5.41) is 3.22. The first kappa shape index (κ1) is 9.78. The van der Waals surface area contributed by atoms with Crippen LogP contribution in [-0.4, -0.2) is 7.05 Å². The zero-order valence-electron chi connectivity index (χ0n) is 9.12. The van der Waals surface area contributed by atoms with Gasteiger partial charge in [0, 0.05) is 18.3 Å². The maximum atomic E-state index is 3.22. The zero-order valence-corrected chi connectivity index (χ0v) is 9.12. The van der Waals surface area contributed by atoms with Crippen LogP contribution in [0, 0.1) is 6.92 Å². The molecule has 1 heteroatoms. The van der Waals surface area contributed by atoms with Crippen LogP contribution < -0.4 is 5.32 Å². The van der Waals surface area contributed by atoms with Gasteiger partial charge in [0.2, 0.25) is 0 Å². The average Bonchev–Trinajstić information content (AvgIpc) is 2.30. The van der Waals surface area contributed by atoms with Crippen molar-refractivity contribution < 1.29 is 0 Å². The molecule has 76 valence electrons. The lowest BCUT2D eigenvalue weighted by Gasteiger charge is -2.10. The summed E-state index contributed by atoms with van der Waals surface area (Å²) in [6.45, 7) is 2.12. The first-order chi connectivity index (χ1) is 7.31. The van der Waals surface area contributed by atoms with Gasteiger partial charge in [-0.3, -0.25) is 0 Å². The summed E-state index contributed by atoms with van der Waals surface area (Å²) < 4.78 is 0. The molecule has 0 atom stereocenters. The molecule has 0 aliphatic carbocycles. The molecule has 1 N–H and O–H groups in total. The molecule has 0 saturated carbocycles. The van der Waals surface area contributed by atoms with Crippen LogP contribution in [0.1, 0.15) is 5.56 Å². The van der Waals surface area contributed by atoms with Gasteiger partial charge < -0.3 is 5.32 Å². The van der Waals surface area contributed by atoms with Gasteiger partial charge in [0.25, 0.3) is 0 Å². The van der Waals surface area contributed by atoms with E-state index < -0.39 is 0 Å². The first-order valence-corrected chi connectivity index (χ1v) is 5.15. The van der Waals surface area contributed by atoms with E-state index in [4.69, 9.17) is 0 Å². The van der Waals surface area contributed by atoms with E-state index in [1.165, 1.54) is 22.4 Å². The number of aryl methyl sites for hydroxylation is 1. The predicted molar refractivity (Wildman–Crippen MR) is 66.2 cm³/mol. The molecule has 1 nitrogen and oxygen atoms in total. The Morgan fingerprint density at radius 3 is 2.33 bits per heavy atom. The Hall–Kier alpha value is -1.76. The highest BCUT2D eigenvalue weighted by Gasteiger charge is 2.02. The van der Waals surface area contributed by atoms with Gasteiger partial charge in [-0.2, -0.15) is 0 Å². The maximum absolute atomic E-state index is 3.22. The van der Waals surface area contributed by atoms with Crippen LogP contribution in [0.25, 0.3) is 11.1 Å². The van der Waals surface area contributed by atoms with Gasteiger partial charge in [-0.25, -0.2) is 0 Å². The average molecular weight is 197 g/mol. The molecule has 2 aromatic rings. The van der Waals surface area contributed by atoms with Crippen LogP contribution in [0.15, 0.2) is 48.5 Å². The van der Waals surface area contributed by atoms with Gasteiger partial charge in [-0.15, -0.1) is 0 Å². The number of anilines is 1. The van der Waals surface area contributed by atoms with Crippen molar-refractivity contribution in [1.82, 2.24) is 0 Å². The molecule has 0 fully saturated rings. The van der Waals surface area contributed by atoms with E-state index in [0.717, 1.165) is 0 Å². The van der Waals surface area contributed by atoms with E-state index in [1.807, 2.05) is 13.1 Å². The van der Waals surface area contributed by atoms with Gasteiger partial charge >= 0.3 is 0 Å². The van der Waals surface area contributed by atoms with Crippen molar-refractivity contribution in [3.63, 3.8) is 0 Å². The Balaban J connectivity index is 2.56. The van der Waals surface area contributed by atoms with E-state index in [0.29, 0.717) is 0 Å². The Morgan fingerprint density at radius 1 is 0.933 bits per heavy atom. The minimum Gasteiger partial charge on any atom is -0.388 e. The molecular weight excluding hydrogens is 182 g/mol. The molecule has 0 radical (unpaired) electrons. The lowest BCUT2D eigenvalue weighted by molar-refractivity contribution is 1.43. The van der Waals surface area contributed by atoms with Crippen LogP contribution in [0.3, 0.4) is 0 Å². The summed E-state index contributed by atoms with van der Waals surface area (Å²) in [6.07, 6.45) is 0. The van der Waals surface area contributed by atoms with E-state index in [-0.39, 0.29) is 0 Å². The highest BCUT2D eigenvalue weighted by Crippen LogP contribution is 2.28. The number of benzene rings is 2. The molecular formula is C14H15N. The highest BCUT2D eigenvalue weighted by atomic mass is 14.8. The molecule has 0 aliphatic rings. The molecule has 2 rings (SSSR count). The third-order valence-corrected chi connectivity index (χ3v) is 2.53. The normalized spacial score (nSPS) is 10.0. The Kier molecular flexibility index (Phi) is 2.72. The standard InChI is InChI=1S/C14H15N/c1-11-8-9-14(15-2)13(10-11)12-6-4-3-5-7-12/h3-10,15H,1-2H3. The van der Waals surface area contributed by atoms with E-state index in [9.17, 15) is 0 Å². The summed E-state index contributed by atoms with van der Waals surface area (Å²) in [6, 6.07) is 16.9. The third kappa shape index (κ3) is 2.01. The second kappa shape index (κ2) is 4.18. The summed E-state index contributed by atoms with van der Waals surface area (Å²) in [5.74, 6) is 0. The lowest BCUT2D eigenvalue weighted by Crippen LogP contribution is -1.92. The predicted octanol–water partition coefficient (Wildman–Crippen LogP) is 3.70. The Morgan fingerprint density at radius 2 is 1.67 bits per heavy atom. The molecule has 0 unspecified atom stereocenters. The van der Waals surface area contributed by atoms with Crippen LogP contribution >= 0.6 is 0 Å². The van der Waals surface area contributed by atoms with Crippen LogP contribution in [0.4, 0.5) is 5.69 Å². The quantitative estimate of drug-likeness (QED) is 0.774. The van der Waals surface area contributed by atoms with Gasteiger partial charge in [-0.05, 0) is 24.6 Å². The maximum Gasteiger partial charge on any atom is 0.0417 e. The number of hydrogen-bond acceptors (Lipinski definition) is 1. The molecule has 0 bridgehead atoms. The first-order valence-electron chi connectivity index (χ1n) is 5.15. The van der Waals surface area contributed by atoms with Gasteiger partial charge in [0.15, 0.2) is 0 Å². The SMILES string of the molecule is CNc1ccc(C)cc1-c1ccccc1. The van der Waals surface area contributed by atoms with Crippen molar-refractivity contribution in [2.75, 3.05) is 12.4 Å². The van der Waals surface area contributed by atoms with Crippen molar-refractivity contribution >= 4 is 5.69 Å². The smallest absolute Gasteiger partial charge is 0.0417 e. The van der Waals surface area contributed by atoms with Gasteiger partial charge in [-0.1, -0.05) is 42.0 Å². The number of rotatable bonds is 2. The Labute approximate surface area is 90.8 Å². The summed E-state index contributed by atoms with van der Waals surface area (Å²) in [7, 11) is 1.96. The van der Waals surface area contributed by atoms with Crippen LogP contribution in [-0.2, 0) is 0 Å². The highest BCUT2D eigenvalue weighted by molar-refractivity contribution is 5.78. The van der Waals surface area contributed by atoms with Crippen molar-refractivity contribution in [2.24, 2.45) is 0 Å². The molecule has 0 amide bonds. The molecule has 0 heterocycles. The third-order valence-electron chi connectivity index (χ3n) is 2.53. The lowest BCUT2D eigenvalue weighted by atomic mass is 10.0. The summed E-state index contributed by atoms with van der Waals surface area (Å²) >= 11 is 0. The molecule has 2 aromatic carbocycles. The van der Waals surface area contributed by atoms with E-state index in [2.05, 4.69) is 54.7 Å². The summed E-state index contributed by atoms with van der Waals surface area (Å²) in [5.41, 5.74) is 4.98. The number of hydrogen-bond donors (Lipinski definition) is 1. The van der Waals surface area contributed by atoms with Crippen LogP contribution in [0.5, 0.6) is 0 Å². The molecule has 0 saturated heterocycles. The van der Waals surface area contributed by atoms with Crippen molar-refractivity contribution in [3.8, 4) is 11.1 Å². The summed E-state index contributed by atoms with van der Waals surface area (Å²) in [4.78, 5) is 0. The molecule has 0 aromatic heterocycles. The second-order valence-corrected chi connectivity index (χ2v) is 3.67. The minimum absolute atomic E-state index is 1.17.